The Balaban J connectivity index is 2.29. The van der Waals surface area contributed by atoms with Crippen LogP contribution in [0.1, 0.15) is 46.4 Å². The Hall–Kier alpha value is -2.27. The Labute approximate surface area is 165 Å². The zero-order valence-corrected chi connectivity index (χ0v) is 17.8. The van der Waals surface area contributed by atoms with E-state index in [9.17, 15) is 9.59 Å². The number of likely N-dealkylation sites (N-methyl/N-ethyl adjacent to an activating group) is 1. The molecule has 0 aromatic carbocycles. The normalized spacial score (nSPS) is 18.8. The smallest absolute Gasteiger partial charge is 0.276 e. The highest BCUT2D eigenvalue weighted by molar-refractivity contribution is 7.12. The van der Waals surface area contributed by atoms with Gasteiger partial charge in [-0.15, -0.1) is 11.3 Å². The minimum atomic E-state index is -0.318. The molecule has 0 fully saturated rings. The second-order valence-electron chi connectivity index (χ2n) is 9.03. The summed E-state index contributed by atoms with van der Waals surface area (Å²) in [5.41, 5.74) is 2.83. The molecule has 1 amide bonds. The molecule has 3 rings (SSSR count). The highest BCUT2D eigenvalue weighted by Crippen LogP contribution is 2.40. The fraction of sp³-hybridized carbons (Fsp3) is 0.409. The largest absolute Gasteiger partial charge is 0.289 e. The molecule has 2 aliphatic rings. The highest BCUT2D eigenvalue weighted by Gasteiger charge is 2.37. The molecule has 0 N–H and O–H groups in total. The van der Waals surface area contributed by atoms with E-state index in [4.69, 9.17) is 0 Å². The van der Waals surface area contributed by atoms with Crippen molar-refractivity contribution >= 4 is 28.7 Å². The van der Waals surface area contributed by atoms with Crippen LogP contribution < -0.4 is 0 Å². The van der Waals surface area contributed by atoms with Gasteiger partial charge in [-0.25, -0.2) is 5.01 Å². The number of nitrogens with zero attached hydrogens (tertiary/aromatic N) is 2. The molecule has 4 nitrogen and oxygen atoms in total. The first-order valence-corrected chi connectivity index (χ1v) is 9.93. The molecule has 5 heteroatoms. The van der Waals surface area contributed by atoms with E-state index in [1.807, 2.05) is 71.2 Å². The summed E-state index contributed by atoms with van der Waals surface area (Å²) < 4.78 is 0. The molecular formula is C22H26N2O2S. The lowest BCUT2D eigenvalue weighted by Crippen LogP contribution is -2.29. The van der Waals surface area contributed by atoms with Crippen molar-refractivity contribution < 1.29 is 9.59 Å². The number of carbonyl (C=O) groups excluding carboxylic acids is 2. The molecule has 2 heterocycles. The quantitative estimate of drug-likeness (QED) is 0.658. The predicted octanol–water partition coefficient (Wildman–Crippen LogP) is 4.75. The summed E-state index contributed by atoms with van der Waals surface area (Å²) in [6.45, 7) is 12.2. The fourth-order valence-electron chi connectivity index (χ4n) is 3.24. The number of amides is 1. The van der Waals surface area contributed by atoms with Gasteiger partial charge in [0.25, 0.3) is 5.91 Å². The Bertz CT molecular complexity index is 894. The number of hydrogen-bond acceptors (Lipinski definition) is 4. The molecular weight excluding hydrogens is 356 g/mol. The third-order valence-corrected chi connectivity index (χ3v) is 5.62. The Morgan fingerprint density at radius 2 is 1.52 bits per heavy atom. The summed E-state index contributed by atoms with van der Waals surface area (Å²) in [5, 5.41) is 7.82. The van der Waals surface area contributed by atoms with E-state index in [1.165, 1.54) is 5.01 Å². The van der Waals surface area contributed by atoms with Crippen molar-refractivity contribution in [1.29, 1.82) is 0 Å². The van der Waals surface area contributed by atoms with E-state index < -0.39 is 0 Å². The molecule has 142 valence electrons. The minimum absolute atomic E-state index is 0.0627. The second kappa shape index (κ2) is 6.41. The number of Topliss-reactive ketones (excluding diaryl/α,β-unsaturated/α-hetero) is 1. The van der Waals surface area contributed by atoms with Crippen LogP contribution in [0, 0.1) is 10.8 Å². The van der Waals surface area contributed by atoms with Crippen molar-refractivity contribution in [3.8, 4) is 0 Å². The van der Waals surface area contributed by atoms with Crippen molar-refractivity contribution in [3.05, 3.63) is 56.8 Å². The summed E-state index contributed by atoms with van der Waals surface area (Å²) >= 11 is 1.55. The predicted molar refractivity (Wildman–Crippen MR) is 111 cm³/mol. The van der Waals surface area contributed by atoms with Gasteiger partial charge < -0.3 is 0 Å². The molecule has 1 aromatic heterocycles. The molecule has 0 spiro atoms. The molecule has 0 saturated heterocycles. The van der Waals surface area contributed by atoms with Gasteiger partial charge in [-0.3, -0.25) is 9.59 Å². The first kappa shape index (κ1) is 19.5. The maximum Gasteiger partial charge on any atom is 0.276 e. The number of thiophene rings is 1. The highest BCUT2D eigenvalue weighted by atomic mass is 32.1. The van der Waals surface area contributed by atoms with Gasteiger partial charge in [0.2, 0.25) is 0 Å². The summed E-state index contributed by atoms with van der Waals surface area (Å²) in [7, 11) is 1.67. The average Bonchev–Trinajstić information content (AvgIpc) is 3.15. The first-order valence-electron chi connectivity index (χ1n) is 9.05. The maximum atomic E-state index is 13.2. The second-order valence-corrected chi connectivity index (χ2v) is 9.98. The van der Waals surface area contributed by atoms with Crippen molar-refractivity contribution in [3.63, 3.8) is 0 Å². The van der Waals surface area contributed by atoms with Crippen LogP contribution in [-0.4, -0.2) is 29.5 Å². The maximum absolute atomic E-state index is 13.2. The topological polar surface area (TPSA) is 49.7 Å². The van der Waals surface area contributed by atoms with Gasteiger partial charge in [-0.05, 0) is 40.0 Å². The van der Waals surface area contributed by atoms with Gasteiger partial charge >= 0.3 is 0 Å². The van der Waals surface area contributed by atoms with Crippen LogP contribution in [0.25, 0.3) is 0 Å². The molecule has 1 aliphatic heterocycles. The molecule has 0 saturated carbocycles. The number of rotatable bonds is 1. The van der Waals surface area contributed by atoms with Crippen molar-refractivity contribution in [1.82, 2.24) is 5.01 Å². The molecule has 0 unspecified atom stereocenters. The number of carbonyl (C=O) groups is 2. The monoisotopic (exact) mass is 382 g/mol. The molecule has 1 aliphatic carbocycles. The van der Waals surface area contributed by atoms with Crippen LogP contribution in [0.2, 0.25) is 0 Å². The van der Waals surface area contributed by atoms with Crippen molar-refractivity contribution in [2.24, 2.45) is 15.9 Å². The van der Waals surface area contributed by atoms with Crippen LogP contribution >= 0.6 is 11.3 Å². The summed E-state index contributed by atoms with van der Waals surface area (Å²) in [5.74, 6) is -0.0791. The van der Waals surface area contributed by atoms with Crippen LogP contribution in [0.5, 0.6) is 0 Å². The lowest BCUT2D eigenvalue weighted by molar-refractivity contribution is -0.124. The lowest BCUT2D eigenvalue weighted by atomic mass is 9.71. The van der Waals surface area contributed by atoms with Crippen LogP contribution in [-0.2, 0) is 9.59 Å². The molecule has 0 atom stereocenters. The van der Waals surface area contributed by atoms with E-state index in [1.54, 1.807) is 18.4 Å². The number of hydrazone groups is 1. The van der Waals surface area contributed by atoms with Gasteiger partial charge in [-0.1, -0.05) is 47.6 Å². The van der Waals surface area contributed by atoms with E-state index in [-0.39, 0.29) is 22.5 Å². The Morgan fingerprint density at radius 1 is 0.963 bits per heavy atom. The van der Waals surface area contributed by atoms with Gasteiger partial charge in [0.1, 0.15) is 5.71 Å². The van der Waals surface area contributed by atoms with Gasteiger partial charge in [-0.2, -0.15) is 5.10 Å². The zero-order valence-electron chi connectivity index (χ0n) is 17.0. The van der Waals surface area contributed by atoms with E-state index >= 15 is 0 Å². The fourth-order valence-corrected chi connectivity index (χ4v) is 3.96. The van der Waals surface area contributed by atoms with Crippen LogP contribution in [0.15, 0.2) is 57.1 Å². The summed E-state index contributed by atoms with van der Waals surface area (Å²) in [6, 6.07) is 3.91. The third-order valence-electron chi connectivity index (χ3n) is 4.74. The van der Waals surface area contributed by atoms with E-state index in [0.29, 0.717) is 11.3 Å². The number of ketones is 1. The van der Waals surface area contributed by atoms with Crippen LogP contribution in [0.3, 0.4) is 0 Å². The van der Waals surface area contributed by atoms with Gasteiger partial charge in [0, 0.05) is 18.2 Å². The third kappa shape index (κ3) is 3.48. The lowest BCUT2D eigenvalue weighted by Gasteiger charge is -2.31. The average molecular weight is 383 g/mol. The van der Waals surface area contributed by atoms with Crippen LogP contribution in [0.4, 0.5) is 0 Å². The van der Waals surface area contributed by atoms with Crippen molar-refractivity contribution in [2.75, 3.05) is 7.05 Å². The SMILES string of the molecule is CN1N=C(c2cccs2)C(=C2C=C(C(C)(C)C)C(=O)C(C(C)(C)C)=C2)C1=O. The standard InChI is InChI=1S/C22H26N2O2S/c1-21(2,3)14-11-13(12-15(19(14)25)22(4,5)6)17-18(16-9-8-10-27-16)23-24(7)20(17)26/h8-12H,1-7H3. The zero-order chi connectivity index (χ0) is 20.1. The molecule has 0 radical (unpaired) electrons. The summed E-state index contributed by atoms with van der Waals surface area (Å²) in [6.07, 6.45) is 3.76. The molecule has 27 heavy (non-hydrogen) atoms. The number of allylic oxidation sites excluding steroid dienone is 5. The van der Waals surface area contributed by atoms with Gasteiger partial charge in [0.15, 0.2) is 5.78 Å². The molecule has 1 aromatic rings. The minimum Gasteiger partial charge on any atom is -0.289 e. The van der Waals surface area contributed by atoms with Crippen molar-refractivity contribution in [2.45, 2.75) is 41.5 Å². The Kier molecular flexibility index (Phi) is 4.63. The number of hydrogen-bond donors (Lipinski definition) is 0. The summed E-state index contributed by atoms with van der Waals surface area (Å²) in [4.78, 5) is 27.0. The molecule has 0 bridgehead atoms. The van der Waals surface area contributed by atoms with E-state index in [2.05, 4.69) is 5.10 Å². The van der Waals surface area contributed by atoms with E-state index in [0.717, 1.165) is 21.6 Å². The first-order chi connectivity index (χ1) is 12.4. The van der Waals surface area contributed by atoms with Gasteiger partial charge in [0.05, 0.1) is 10.5 Å². The Morgan fingerprint density at radius 3 is 1.96 bits per heavy atom.